The number of aryl methyl sites for hydroxylation is 4. The molecule has 0 atom stereocenters. The Bertz CT molecular complexity index is 2080. The van der Waals surface area contributed by atoms with Gasteiger partial charge >= 0.3 is 0 Å². The molecule has 6 aromatic rings. The summed E-state index contributed by atoms with van der Waals surface area (Å²) >= 11 is 3.04. The Morgan fingerprint density at radius 2 is 1.02 bits per heavy atom. The Morgan fingerprint density at radius 3 is 1.32 bits per heavy atom. The number of rotatable bonds is 6. The fourth-order valence-electron chi connectivity index (χ4n) is 5.43. The molecule has 44 heavy (non-hydrogen) atoms. The molecule has 4 heterocycles. The van der Waals surface area contributed by atoms with E-state index in [4.69, 9.17) is 0 Å². The first-order chi connectivity index (χ1) is 21.0. The Labute approximate surface area is 262 Å². The highest BCUT2D eigenvalue weighted by Crippen LogP contribution is 2.50. The molecule has 0 saturated carbocycles. The van der Waals surface area contributed by atoms with Gasteiger partial charge in [0.1, 0.15) is 46.0 Å². The predicted octanol–water partition coefficient (Wildman–Crippen LogP) is 8.05. The number of carbonyl (C=O) groups is 2. The summed E-state index contributed by atoms with van der Waals surface area (Å²) in [5, 5.41) is 30.7. The highest BCUT2D eigenvalue weighted by Gasteiger charge is 2.30. The molecule has 0 aliphatic rings. The van der Waals surface area contributed by atoms with E-state index in [9.17, 15) is 20.1 Å². The van der Waals surface area contributed by atoms with Crippen LogP contribution in [0.4, 0.5) is 0 Å². The Hall–Kier alpha value is -5.16. The van der Waals surface area contributed by atoms with Gasteiger partial charge in [0, 0.05) is 19.2 Å². The summed E-state index contributed by atoms with van der Waals surface area (Å²) in [6.07, 6.45) is 0. The maximum absolute atomic E-state index is 12.6. The third-order valence-corrected chi connectivity index (χ3v) is 10.4. The van der Waals surface area contributed by atoms with Crippen molar-refractivity contribution in [3.63, 3.8) is 0 Å². The number of fused-ring (bicyclic) bond motifs is 1. The van der Waals surface area contributed by atoms with Crippen LogP contribution in [-0.2, 0) is 0 Å². The molecule has 0 unspecified atom stereocenters. The van der Waals surface area contributed by atoms with Gasteiger partial charge in [-0.05, 0) is 63.1 Å². The van der Waals surface area contributed by atoms with E-state index < -0.39 is 0 Å². The van der Waals surface area contributed by atoms with Crippen LogP contribution in [0, 0.1) is 50.4 Å². The fourth-order valence-corrected chi connectivity index (χ4v) is 8.37. The average molecular weight is 615 g/mol. The topological polar surface area (TPSA) is 117 Å². The molecule has 0 fully saturated rings. The molecule has 0 amide bonds. The third-order valence-electron chi connectivity index (χ3n) is 7.67. The van der Waals surface area contributed by atoms with E-state index in [2.05, 4.69) is 22.3 Å². The zero-order valence-corrected chi connectivity index (χ0v) is 26.6. The lowest BCUT2D eigenvalue weighted by molar-refractivity contribution is 0.0999. The van der Waals surface area contributed by atoms with Crippen molar-refractivity contribution in [3.8, 4) is 44.7 Å². The maximum atomic E-state index is 12.6. The standard InChI is InChI=1S/C34H26N6O2S2/c1-17-7-11-23(12-8-17)39-30(25(15-35)28(37-39)21(5)41)32-19(3)27-20(4)33(44-34(27)43-32)31-26(16-36)29(22(6)42)38-40(31)24-13-9-18(2)10-14-24/h7-14H,1-6H3. The summed E-state index contributed by atoms with van der Waals surface area (Å²) in [6.45, 7) is 10.8. The minimum absolute atomic E-state index is 0.133. The first kappa shape index (κ1) is 28.9. The van der Waals surface area contributed by atoms with Gasteiger partial charge in [-0.15, -0.1) is 22.7 Å². The van der Waals surface area contributed by atoms with Crippen molar-refractivity contribution in [2.75, 3.05) is 0 Å². The molecular weight excluding hydrogens is 589 g/mol. The van der Waals surface area contributed by atoms with Crippen molar-refractivity contribution >= 4 is 43.6 Å². The number of hydrogen-bond donors (Lipinski definition) is 0. The summed E-state index contributed by atoms with van der Waals surface area (Å²) in [6, 6.07) is 20.1. The third kappa shape index (κ3) is 4.47. The first-order valence-corrected chi connectivity index (χ1v) is 15.4. The zero-order valence-electron chi connectivity index (χ0n) is 24.9. The summed E-state index contributed by atoms with van der Waals surface area (Å²) in [5.74, 6) is -0.560. The van der Waals surface area contributed by atoms with E-state index >= 15 is 0 Å². The van der Waals surface area contributed by atoms with Gasteiger partial charge in [0.05, 0.1) is 25.1 Å². The van der Waals surface area contributed by atoms with Crippen molar-refractivity contribution in [2.24, 2.45) is 0 Å². The lowest BCUT2D eigenvalue weighted by atomic mass is 10.0. The van der Waals surface area contributed by atoms with Crippen LogP contribution in [0.15, 0.2) is 48.5 Å². The van der Waals surface area contributed by atoms with E-state index in [0.717, 1.165) is 52.8 Å². The van der Waals surface area contributed by atoms with Crippen LogP contribution < -0.4 is 0 Å². The molecule has 0 radical (unpaired) electrons. The fraction of sp³-hybridized carbons (Fsp3) is 0.176. The molecule has 0 bridgehead atoms. The Morgan fingerprint density at radius 1 is 0.659 bits per heavy atom. The lowest BCUT2D eigenvalue weighted by Crippen LogP contribution is -2.01. The van der Waals surface area contributed by atoms with Crippen LogP contribution in [0.3, 0.4) is 0 Å². The second kappa shape index (κ2) is 10.8. The molecule has 2 aromatic carbocycles. The molecule has 0 aliphatic heterocycles. The second-order valence-electron chi connectivity index (χ2n) is 10.7. The second-order valence-corrected chi connectivity index (χ2v) is 13.0. The number of Topliss-reactive ketones (excluding diaryl/α,β-unsaturated/α-hetero) is 2. The van der Waals surface area contributed by atoms with Crippen LogP contribution in [0.25, 0.3) is 41.9 Å². The largest absolute Gasteiger partial charge is 0.293 e. The highest BCUT2D eigenvalue weighted by atomic mass is 32.2. The summed E-state index contributed by atoms with van der Waals surface area (Å²) in [5.41, 5.74) is 7.45. The molecule has 8 nitrogen and oxygen atoms in total. The van der Waals surface area contributed by atoms with Crippen LogP contribution in [0.5, 0.6) is 0 Å². The monoisotopic (exact) mass is 614 g/mol. The van der Waals surface area contributed by atoms with Crippen LogP contribution in [0.1, 0.15) is 68.2 Å². The van der Waals surface area contributed by atoms with Gasteiger partial charge in [0.2, 0.25) is 0 Å². The van der Waals surface area contributed by atoms with Gasteiger partial charge in [-0.3, -0.25) is 9.59 Å². The molecule has 0 spiro atoms. The minimum Gasteiger partial charge on any atom is -0.293 e. The molecule has 216 valence electrons. The smallest absolute Gasteiger partial charge is 0.181 e. The lowest BCUT2D eigenvalue weighted by Gasteiger charge is -2.09. The normalized spacial score (nSPS) is 11.1. The van der Waals surface area contributed by atoms with Gasteiger partial charge < -0.3 is 0 Å². The van der Waals surface area contributed by atoms with Gasteiger partial charge in [-0.2, -0.15) is 20.7 Å². The molecular formula is C34H26N6O2S2. The van der Waals surface area contributed by atoms with Crippen LogP contribution in [-0.4, -0.2) is 31.1 Å². The number of carbonyl (C=O) groups excluding carboxylic acids is 2. The minimum atomic E-state index is -0.280. The van der Waals surface area contributed by atoms with Crippen LogP contribution in [0.2, 0.25) is 0 Å². The zero-order chi connectivity index (χ0) is 31.4. The molecule has 0 saturated heterocycles. The molecule has 0 aliphatic carbocycles. The number of benzene rings is 2. The van der Waals surface area contributed by atoms with Crippen molar-refractivity contribution in [1.82, 2.24) is 19.6 Å². The van der Waals surface area contributed by atoms with E-state index in [1.54, 1.807) is 9.36 Å². The number of hydrogen-bond acceptors (Lipinski definition) is 8. The highest BCUT2D eigenvalue weighted by molar-refractivity contribution is 7.41. The van der Waals surface area contributed by atoms with Gasteiger partial charge in [-0.1, -0.05) is 35.4 Å². The van der Waals surface area contributed by atoms with Crippen molar-refractivity contribution in [3.05, 3.63) is 93.3 Å². The van der Waals surface area contributed by atoms with Crippen molar-refractivity contribution < 1.29 is 9.59 Å². The number of nitrogens with zero attached hydrogens (tertiary/aromatic N) is 6. The van der Waals surface area contributed by atoms with Gasteiger partial charge in [0.15, 0.2) is 11.6 Å². The van der Waals surface area contributed by atoms with Gasteiger partial charge in [-0.25, -0.2) is 9.36 Å². The Balaban J connectivity index is 1.61. The molecule has 4 aromatic heterocycles. The number of nitriles is 2. The summed E-state index contributed by atoms with van der Waals surface area (Å²) in [7, 11) is 0. The van der Waals surface area contributed by atoms with Gasteiger partial charge in [0.25, 0.3) is 0 Å². The molecule has 10 heteroatoms. The maximum Gasteiger partial charge on any atom is 0.181 e. The summed E-state index contributed by atoms with van der Waals surface area (Å²) < 4.78 is 4.36. The van der Waals surface area contributed by atoms with E-state index in [0.29, 0.717) is 11.4 Å². The quantitative estimate of drug-likeness (QED) is 0.175. The van der Waals surface area contributed by atoms with E-state index in [-0.39, 0.29) is 34.1 Å². The van der Waals surface area contributed by atoms with Crippen molar-refractivity contribution in [2.45, 2.75) is 41.5 Å². The number of aromatic nitrogens is 4. The van der Waals surface area contributed by atoms with Crippen LogP contribution >= 0.6 is 22.7 Å². The SMILES string of the molecule is CC(=O)c1nn(-c2ccc(C)cc2)c(-c2sc3sc(-c4c(C#N)c(C(C)=O)nn4-c4ccc(C)cc4)c(C)c3c2C)c1C#N. The molecule has 0 N–H and O–H groups in total. The number of ketones is 2. The average Bonchev–Trinajstić information content (AvgIpc) is 3.73. The molecule has 6 rings (SSSR count). The number of thiophene rings is 2. The Kier molecular flexibility index (Phi) is 7.13. The first-order valence-electron chi connectivity index (χ1n) is 13.8. The van der Waals surface area contributed by atoms with E-state index in [1.165, 1.54) is 36.5 Å². The van der Waals surface area contributed by atoms with Crippen molar-refractivity contribution in [1.29, 1.82) is 10.5 Å². The summed E-state index contributed by atoms with van der Waals surface area (Å²) in [4.78, 5) is 26.8. The van der Waals surface area contributed by atoms with E-state index in [1.807, 2.05) is 76.2 Å². The predicted molar refractivity (Wildman–Crippen MR) is 173 cm³/mol.